The molecule has 6 nitrogen and oxygen atoms in total. The van der Waals surface area contributed by atoms with E-state index in [0.717, 1.165) is 16.8 Å². The summed E-state index contributed by atoms with van der Waals surface area (Å²) in [6.45, 7) is 3.89. The molecule has 1 aliphatic rings. The Morgan fingerprint density at radius 3 is 2.63 bits per heavy atom. The number of aryl methyl sites for hydroxylation is 1. The van der Waals surface area contributed by atoms with Crippen molar-refractivity contribution < 1.29 is 4.79 Å². The number of nitrogens with zero attached hydrogens (tertiary/aromatic N) is 3. The molecular weight excluding hydrogens is 362 g/mol. The van der Waals surface area contributed by atoms with Gasteiger partial charge >= 0.3 is 0 Å². The fourth-order valence-electron chi connectivity index (χ4n) is 3.19. The predicted molar refractivity (Wildman–Crippen MR) is 106 cm³/mol. The van der Waals surface area contributed by atoms with Gasteiger partial charge < -0.3 is 10.6 Å². The summed E-state index contributed by atoms with van der Waals surface area (Å²) in [4.78, 5) is 17.4. The molecule has 2 N–H and O–H groups in total. The fourth-order valence-corrected chi connectivity index (χ4v) is 3.38. The van der Waals surface area contributed by atoms with Crippen molar-refractivity contribution in [3.63, 3.8) is 0 Å². The molecule has 0 radical (unpaired) electrons. The molecule has 7 heteroatoms. The van der Waals surface area contributed by atoms with Crippen LogP contribution in [-0.4, -0.2) is 20.7 Å². The van der Waals surface area contributed by atoms with Gasteiger partial charge in [-0.3, -0.25) is 4.79 Å². The molecule has 1 unspecified atom stereocenters. The number of rotatable bonds is 3. The summed E-state index contributed by atoms with van der Waals surface area (Å²) in [7, 11) is 0. The third-order valence-corrected chi connectivity index (χ3v) is 4.88. The quantitative estimate of drug-likeness (QED) is 0.716. The van der Waals surface area contributed by atoms with E-state index in [1.807, 2.05) is 50.2 Å². The van der Waals surface area contributed by atoms with E-state index in [2.05, 4.69) is 20.7 Å². The smallest absolute Gasteiger partial charge is 0.255 e. The van der Waals surface area contributed by atoms with Gasteiger partial charge in [0.2, 0.25) is 5.95 Å². The summed E-state index contributed by atoms with van der Waals surface area (Å²) in [6, 6.07) is 14.8. The molecule has 1 atom stereocenters. The second kappa shape index (κ2) is 6.89. The van der Waals surface area contributed by atoms with Crippen LogP contribution in [0.15, 0.2) is 66.1 Å². The SMILES string of the molecule is CC1=C(C(=O)Nc2ccccc2Cl)C(c2ccc(C)cc2)n2ncnc2N1. The van der Waals surface area contributed by atoms with Gasteiger partial charge in [-0.2, -0.15) is 10.1 Å². The second-order valence-electron chi connectivity index (χ2n) is 6.44. The number of halogens is 1. The number of amides is 1. The van der Waals surface area contributed by atoms with Crippen molar-refractivity contribution in [2.45, 2.75) is 19.9 Å². The molecule has 0 fully saturated rings. The van der Waals surface area contributed by atoms with E-state index < -0.39 is 0 Å². The molecule has 3 aromatic rings. The van der Waals surface area contributed by atoms with Crippen molar-refractivity contribution in [1.82, 2.24) is 14.8 Å². The summed E-state index contributed by atoms with van der Waals surface area (Å²) < 4.78 is 1.72. The molecule has 0 aliphatic carbocycles. The molecule has 1 aromatic heterocycles. The summed E-state index contributed by atoms with van der Waals surface area (Å²) in [5.41, 5.74) is 3.96. The van der Waals surface area contributed by atoms with E-state index in [1.54, 1.807) is 16.8 Å². The topological polar surface area (TPSA) is 71.8 Å². The van der Waals surface area contributed by atoms with Crippen LogP contribution in [0.5, 0.6) is 0 Å². The highest BCUT2D eigenvalue weighted by molar-refractivity contribution is 6.33. The van der Waals surface area contributed by atoms with Crippen molar-refractivity contribution >= 4 is 29.1 Å². The van der Waals surface area contributed by atoms with Gasteiger partial charge in [-0.1, -0.05) is 53.6 Å². The van der Waals surface area contributed by atoms with Gasteiger partial charge in [0, 0.05) is 5.70 Å². The van der Waals surface area contributed by atoms with E-state index >= 15 is 0 Å². The summed E-state index contributed by atoms with van der Waals surface area (Å²) in [5.74, 6) is 0.368. The van der Waals surface area contributed by atoms with E-state index in [0.29, 0.717) is 22.2 Å². The van der Waals surface area contributed by atoms with Gasteiger partial charge in [-0.15, -0.1) is 0 Å². The first-order valence-corrected chi connectivity index (χ1v) is 8.92. The Morgan fingerprint density at radius 2 is 1.89 bits per heavy atom. The van der Waals surface area contributed by atoms with E-state index in [1.165, 1.54) is 6.33 Å². The van der Waals surface area contributed by atoms with Crippen LogP contribution in [0.2, 0.25) is 5.02 Å². The Labute approximate surface area is 161 Å². The van der Waals surface area contributed by atoms with E-state index in [4.69, 9.17) is 11.6 Å². The molecular formula is C20H18ClN5O. The minimum atomic E-state index is -0.383. The number of nitrogens with one attached hydrogen (secondary N) is 2. The first kappa shape index (κ1) is 17.3. The van der Waals surface area contributed by atoms with Gasteiger partial charge in [0.25, 0.3) is 5.91 Å². The number of carbonyl (C=O) groups excluding carboxylic acids is 1. The minimum Gasteiger partial charge on any atom is -0.328 e. The molecule has 2 aromatic carbocycles. The Morgan fingerprint density at radius 1 is 1.15 bits per heavy atom. The van der Waals surface area contributed by atoms with Crippen LogP contribution in [0.25, 0.3) is 0 Å². The number of carbonyl (C=O) groups is 1. The molecule has 4 rings (SSSR count). The van der Waals surface area contributed by atoms with Crippen LogP contribution in [0, 0.1) is 6.92 Å². The average molecular weight is 380 g/mol. The zero-order valence-electron chi connectivity index (χ0n) is 14.9. The van der Waals surface area contributed by atoms with Crippen LogP contribution in [-0.2, 0) is 4.79 Å². The largest absolute Gasteiger partial charge is 0.328 e. The van der Waals surface area contributed by atoms with Gasteiger partial charge in [-0.05, 0) is 31.5 Å². The maximum atomic E-state index is 13.2. The number of anilines is 2. The molecule has 1 amide bonds. The predicted octanol–water partition coefficient (Wildman–Crippen LogP) is 4.17. The fraction of sp³-hybridized carbons (Fsp3) is 0.150. The number of allylic oxidation sites excluding steroid dienone is 1. The van der Waals surface area contributed by atoms with Crippen LogP contribution in [0.4, 0.5) is 11.6 Å². The number of benzene rings is 2. The Hall–Kier alpha value is -3.12. The number of hydrogen-bond donors (Lipinski definition) is 2. The summed E-state index contributed by atoms with van der Waals surface area (Å²) >= 11 is 6.20. The third-order valence-electron chi connectivity index (χ3n) is 4.55. The van der Waals surface area contributed by atoms with Gasteiger partial charge in [0.05, 0.1) is 16.3 Å². The highest BCUT2D eigenvalue weighted by Crippen LogP contribution is 2.35. The molecule has 0 saturated heterocycles. The first-order valence-electron chi connectivity index (χ1n) is 8.54. The van der Waals surface area contributed by atoms with Gasteiger partial charge in [-0.25, -0.2) is 4.68 Å². The molecule has 0 saturated carbocycles. The first-order chi connectivity index (χ1) is 13.0. The monoisotopic (exact) mass is 379 g/mol. The van der Waals surface area contributed by atoms with Crippen molar-refractivity contribution in [3.8, 4) is 0 Å². The lowest BCUT2D eigenvalue weighted by molar-refractivity contribution is -0.113. The Bertz CT molecular complexity index is 1040. The number of para-hydroxylation sites is 1. The lowest BCUT2D eigenvalue weighted by Gasteiger charge is -2.29. The highest BCUT2D eigenvalue weighted by Gasteiger charge is 2.33. The number of fused-ring (bicyclic) bond motifs is 1. The normalized spacial score (nSPS) is 15.9. The number of hydrogen-bond acceptors (Lipinski definition) is 4. The highest BCUT2D eigenvalue weighted by atomic mass is 35.5. The standard InChI is InChI=1S/C20H18ClN5O/c1-12-7-9-14(10-8-12)18-17(13(2)24-20-22-11-23-26(18)20)19(27)25-16-6-4-3-5-15(16)21/h3-11,18H,1-2H3,(H,25,27)(H,22,23,24). The van der Waals surface area contributed by atoms with Gasteiger partial charge in [0.15, 0.2) is 0 Å². The molecule has 0 bridgehead atoms. The molecule has 1 aliphatic heterocycles. The lowest BCUT2D eigenvalue weighted by Crippen LogP contribution is -2.31. The van der Waals surface area contributed by atoms with Gasteiger partial charge in [0.1, 0.15) is 12.4 Å². The van der Waals surface area contributed by atoms with Crippen molar-refractivity contribution in [1.29, 1.82) is 0 Å². The van der Waals surface area contributed by atoms with Crippen LogP contribution < -0.4 is 10.6 Å². The van der Waals surface area contributed by atoms with Crippen molar-refractivity contribution in [2.24, 2.45) is 0 Å². The Balaban J connectivity index is 1.77. The molecule has 0 spiro atoms. The van der Waals surface area contributed by atoms with E-state index in [9.17, 15) is 4.79 Å². The summed E-state index contributed by atoms with van der Waals surface area (Å²) in [6.07, 6.45) is 1.48. The molecule has 136 valence electrons. The average Bonchev–Trinajstić information content (AvgIpc) is 3.11. The van der Waals surface area contributed by atoms with Crippen molar-refractivity contribution in [3.05, 3.63) is 82.3 Å². The zero-order chi connectivity index (χ0) is 19.0. The van der Waals surface area contributed by atoms with Crippen LogP contribution in [0.3, 0.4) is 0 Å². The third kappa shape index (κ3) is 3.19. The van der Waals surface area contributed by atoms with E-state index in [-0.39, 0.29) is 11.9 Å². The van der Waals surface area contributed by atoms with Crippen LogP contribution >= 0.6 is 11.6 Å². The lowest BCUT2D eigenvalue weighted by atomic mass is 9.94. The Kier molecular flexibility index (Phi) is 4.41. The minimum absolute atomic E-state index is 0.236. The van der Waals surface area contributed by atoms with Crippen molar-refractivity contribution in [2.75, 3.05) is 10.6 Å². The van der Waals surface area contributed by atoms with Crippen LogP contribution in [0.1, 0.15) is 24.1 Å². The number of aromatic nitrogens is 3. The second-order valence-corrected chi connectivity index (χ2v) is 6.85. The maximum Gasteiger partial charge on any atom is 0.255 e. The maximum absolute atomic E-state index is 13.2. The zero-order valence-corrected chi connectivity index (χ0v) is 15.7. The summed E-state index contributed by atoms with van der Waals surface area (Å²) in [5, 5.41) is 10.9. The molecule has 27 heavy (non-hydrogen) atoms. The molecule has 2 heterocycles.